The van der Waals surface area contributed by atoms with Crippen molar-refractivity contribution in [1.82, 2.24) is 9.80 Å². The maximum Gasteiger partial charge on any atom is 0.320 e. The molecule has 1 aromatic rings. The Balaban J connectivity index is 1.77. The Morgan fingerprint density at radius 3 is 2.22 bits per heavy atom. The van der Waals surface area contributed by atoms with Crippen LogP contribution in [0.25, 0.3) is 0 Å². The molecule has 1 N–H and O–H groups in total. The lowest BCUT2D eigenvalue weighted by molar-refractivity contribution is -0.142. The Bertz CT molecular complexity index is 690. The van der Waals surface area contributed by atoms with E-state index in [1.165, 1.54) is 0 Å². The van der Waals surface area contributed by atoms with Crippen LogP contribution in [-0.4, -0.2) is 66.7 Å². The predicted molar refractivity (Wildman–Crippen MR) is 99.9 cm³/mol. The van der Waals surface area contributed by atoms with Crippen LogP contribution >= 0.6 is 0 Å². The number of piperidine rings is 1. The van der Waals surface area contributed by atoms with Crippen LogP contribution in [0.15, 0.2) is 18.2 Å². The quantitative estimate of drug-likeness (QED) is 0.847. The SMILES string of the molecule is COc1cc(CN2CC3(CCN(C(C)=O)CC3)C[C@@H]2C(=O)O)cc(OC)c1. The van der Waals surface area contributed by atoms with E-state index >= 15 is 0 Å². The standard InChI is InChI=1S/C20H28N2O5/c1-14(23)21-6-4-20(5-7-21)11-18(19(24)25)22(13-20)12-15-8-16(26-2)10-17(9-15)27-3/h8-10,18H,4-7,11-13H2,1-3H3,(H,24,25)/t18-/m1/s1. The first-order valence-corrected chi connectivity index (χ1v) is 9.30. The van der Waals surface area contributed by atoms with Crippen molar-refractivity contribution in [3.8, 4) is 11.5 Å². The first-order chi connectivity index (χ1) is 12.9. The van der Waals surface area contributed by atoms with E-state index in [4.69, 9.17) is 9.47 Å². The van der Waals surface area contributed by atoms with Crippen LogP contribution in [0.5, 0.6) is 11.5 Å². The molecule has 7 heteroatoms. The summed E-state index contributed by atoms with van der Waals surface area (Å²) in [6.45, 7) is 4.28. The van der Waals surface area contributed by atoms with Crippen molar-refractivity contribution in [2.45, 2.75) is 38.8 Å². The second-order valence-corrected chi connectivity index (χ2v) is 7.69. The number of nitrogens with zero attached hydrogens (tertiary/aromatic N) is 2. The van der Waals surface area contributed by atoms with Gasteiger partial charge in [-0.05, 0) is 42.4 Å². The fraction of sp³-hybridized carbons (Fsp3) is 0.600. The molecule has 2 saturated heterocycles. The molecule has 1 atom stereocenters. The summed E-state index contributed by atoms with van der Waals surface area (Å²) >= 11 is 0. The zero-order chi connectivity index (χ0) is 19.6. The first kappa shape index (κ1) is 19.5. The fourth-order valence-electron chi connectivity index (χ4n) is 4.40. The number of benzene rings is 1. The molecule has 1 amide bonds. The number of methoxy groups -OCH3 is 2. The Kier molecular flexibility index (Phi) is 5.60. The molecule has 2 aliphatic heterocycles. The van der Waals surface area contributed by atoms with Gasteiger partial charge in [-0.2, -0.15) is 0 Å². The molecule has 0 saturated carbocycles. The van der Waals surface area contributed by atoms with E-state index in [0.717, 1.165) is 24.9 Å². The number of carboxylic acid groups (broad SMARTS) is 1. The highest BCUT2D eigenvalue weighted by atomic mass is 16.5. The van der Waals surface area contributed by atoms with E-state index in [-0.39, 0.29) is 11.3 Å². The lowest BCUT2D eigenvalue weighted by atomic mass is 9.76. The number of hydrogen-bond acceptors (Lipinski definition) is 5. The number of carbonyl (C=O) groups excluding carboxylic acids is 1. The van der Waals surface area contributed by atoms with Gasteiger partial charge < -0.3 is 19.5 Å². The minimum atomic E-state index is -0.782. The van der Waals surface area contributed by atoms with E-state index in [1.807, 2.05) is 21.9 Å². The number of carboxylic acids is 1. The third kappa shape index (κ3) is 4.18. The van der Waals surface area contributed by atoms with Gasteiger partial charge in [-0.25, -0.2) is 0 Å². The Hall–Kier alpha value is -2.28. The smallest absolute Gasteiger partial charge is 0.320 e. The third-order valence-corrected chi connectivity index (χ3v) is 5.96. The molecule has 0 unspecified atom stereocenters. The van der Waals surface area contributed by atoms with Gasteiger partial charge in [0, 0.05) is 39.2 Å². The molecule has 7 nitrogen and oxygen atoms in total. The molecule has 0 radical (unpaired) electrons. The lowest BCUT2D eigenvalue weighted by Crippen LogP contribution is -2.43. The number of hydrogen-bond donors (Lipinski definition) is 1. The third-order valence-electron chi connectivity index (χ3n) is 5.96. The molecule has 1 aromatic carbocycles. The molecule has 148 valence electrons. The van der Waals surface area contributed by atoms with Crippen LogP contribution in [0.1, 0.15) is 31.7 Å². The highest BCUT2D eigenvalue weighted by molar-refractivity contribution is 5.74. The van der Waals surface area contributed by atoms with Crippen LogP contribution in [0.4, 0.5) is 0 Å². The summed E-state index contributed by atoms with van der Waals surface area (Å²) in [5, 5.41) is 9.76. The predicted octanol–water partition coefficient (Wildman–Crippen LogP) is 1.99. The second kappa shape index (κ2) is 7.76. The average molecular weight is 376 g/mol. The van der Waals surface area contributed by atoms with E-state index < -0.39 is 12.0 Å². The number of ether oxygens (including phenoxy) is 2. The fourth-order valence-corrected chi connectivity index (χ4v) is 4.40. The summed E-state index contributed by atoms with van der Waals surface area (Å²) in [5.74, 6) is 0.702. The minimum absolute atomic E-state index is 0.0298. The van der Waals surface area contributed by atoms with Gasteiger partial charge >= 0.3 is 5.97 Å². The summed E-state index contributed by atoms with van der Waals surface area (Å²) in [5.41, 5.74) is 0.938. The van der Waals surface area contributed by atoms with Crippen LogP contribution in [0, 0.1) is 5.41 Å². The average Bonchev–Trinajstić information content (AvgIpc) is 2.99. The van der Waals surface area contributed by atoms with Crippen LogP contribution in [0.3, 0.4) is 0 Å². The van der Waals surface area contributed by atoms with Crippen molar-refractivity contribution in [1.29, 1.82) is 0 Å². The van der Waals surface area contributed by atoms with E-state index in [1.54, 1.807) is 27.2 Å². The number of rotatable bonds is 5. The van der Waals surface area contributed by atoms with Gasteiger partial charge in [-0.15, -0.1) is 0 Å². The van der Waals surface area contributed by atoms with Gasteiger partial charge in [0.25, 0.3) is 0 Å². The topological polar surface area (TPSA) is 79.3 Å². The van der Waals surface area contributed by atoms with Gasteiger partial charge in [0.05, 0.1) is 14.2 Å². The van der Waals surface area contributed by atoms with Crippen molar-refractivity contribution in [3.05, 3.63) is 23.8 Å². The molecule has 0 bridgehead atoms. The molecule has 2 heterocycles. The van der Waals surface area contributed by atoms with Crippen LogP contribution in [-0.2, 0) is 16.1 Å². The maximum atomic E-state index is 11.9. The van der Waals surface area contributed by atoms with Gasteiger partial charge in [0.2, 0.25) is 5.91 Å². The monoisotopic (exact) mass is 376 g/mol. The summed E-state index contributed by atoms with van der Waals surface area (Å²) in [7, 11) is 3.21. The number of amides is 1. The molecule has 0 aliphatic carbocycles. The van der Waals surface area contributed by atoms with Crippen molar-refractivity contribution in [2.24, 2.45) is 5.41 Å². The molecule has 0 aromatic heterocycles. The molecule has 27 heavy (non-hydrogen) atoms. The minimum Gasteiger partial charge on any atom is -0.497 e. The van der Waals surface area contributed by atoms with Crippen molar-refractivity contribution < 1.29 is 24.2 Å². The Labute approximate surface area is 159 Å². The molecule has 2 aliphatic rings. The molecular weight excluding hydrogens is 348 g/mol. The Morgan fingerprint density at radius 1 is 1.15 bits per heavy atom. The zero-order valence-electron chi connectivity index (χ0n) is 16.2. The summed E-state index contributed by atoms with van der Waals surface area (Å²) in [6, 6.07) is 5.14. The van der Waals surface area contributed by atoms with Crippen LogP contribution < -0.4 is 9.47 Å². The lowest BCUT2D eigenvalue weighted by Gasteiger charge is -2.39. The van der Waals surface area contributed by atoms with Crippen molar-refractivity contribution in [3.63, 3.8) is 0 Å². The number of likely N-dealkylation sites (tertiary alicyclic amines) is 2. The Morgan fingerprint density at radius 2 is 1.74 bits per heavy atom. The summed E-state index contributed by atoms with van der Waals surface area (Å²) < 4.78 is 10.7. The molecular formula is C20H28N2O5. The van der Waals surface area contributed by atoms with E-state index in [9.17, 15) is 14.7 Å². The highest BCUT2D eigenvalue weighted by Crippen LogP contribution is 2.44. The van der Waals surface area contributed by atoms with Crippen molar-refractivity contribution in [2.75, 3.05) is 33.9 Å². The number of carbonyl (C=O) groups is 2. The number of aliphatic carboxylic acids is 1. The molecule has 1 spiro atoms. The van der Waals surface area contributed by atoms with Crippen molar-refractivity contribution >= 4 is 11.9 Å². The van der Waals surface area contributed by atoms with Crippen LogP contribution in [0.2, 0.25) is 0 Å². The summed E-state index contributed by atoms with van der Waals surface area (Å²) in [4.78, 5) is 27.4. The van der Waals surface area contributed by atoms with E-state index in [2.05, 4.69) is 0 Å². The molecule has 2 fully saturated rings. The summed E-state index contributed by atoms with van der Waals surface area (Å²) in [6.07, 6.45) is 2.35. The highest BCUT2D eigenvalue weighted by Gasteiger charge is 2.48. The van der Waals surface area contributed by atoms with Gasteiger partial charge in [-0.1, -0.05) is 0 Å². The maximum absolute atomic E-state index is 11.9. The van der Waals surface area contributed by atoms with Gasteiger partial charge in [0.15, 0.2) is 0 Å². The second-order valence-electron chi connectivity index (χ2n) is 7.69. The normalized spacial score (nSPS) is 22.0. The van der Waals surface area contributed by atoms with Gasteiger partial charge in [-0.3, -0.25) is 14.5 Å². The van der Waals surface area contributed by atoms with E-state index in [0.29, 0.717) is 37.6 Å². The molecule has 3 rings (SSSR count). The zero-order valence-corrected chi connectivity index (χ0v) is 16.2. The first-order valence-electron chi connectivity index (χ1n) is 9.30. The van der Waals surface area contributed by atoms with Gasteiger partial charge in [0.1, 0.15) is 17.5 Å². The largest absolute Gasteiger partial charge is 0.497 e.